The highest BCUT2D eigenvalue weighted by Crippen LogP contribution is 2.31. The maximum atomic E-state index is 12.0. The minimum absolute atomic E-state index is 0.244. The summed E-state index contributed by atoms with van der Waals surface area (Å²) in [6, 6.07) is 14.9. The number of piperazine rings is 1. The number of nitrogens with zero attached hydrogens (tertiary/aromatic N) is 2. The topological polar surface area (TPSA) is 42.0 Å². The van der Waals surface area contributed by atoms with Crippen molar-refractivity contribution in [3.05, 3.63) is 46.9 Å². The number of amides is 1. The fourth-order valence-corrected chi connectivity index (χ4v) is 4.48. The van der Waals surface area contributed by atoms with Crippen LogP contribution in [0.25, 0.3) is 11.1 Å². The molecule has 1 aliphatic rings. The van der Waals surface area contributed by atoms with Gasteiger partial charge in [-0.25, -0.2) is 0 Å². The zero-order valence-corrected chi connectivity index (χ0v) is 19.8. The molecule has 2 aromatic carbocycles. The molecule has 0 saturated carbocycles. The Morgan fingerprint density at radius 1 is 1.07 bits per heavy atom. The second-order valence-corrected chi connectivity index (χ2v) is 8.66. The molecule has 3 rings (SSSR count). The third kappa shape index (κ3) is 5.35. The van der Waals surface area contributed by atoms with Crippen LogP contribution in [0.4, 0.5) is 0 Å². The standard InChI is InChI=1S/C24H31BrN2O3/c1-5-24(28)26-15-17(2)27(18(3)16-26)12-13-30-21-9-6-19(7-10-21)20-8-11-22(25)23(14-20)29-4/h6-11,14,17-18H,5,12-13,15-16H2,1-4H3/t17-,18+. The second-order valence-electron chi connectivity index (χ2n) is 7.81. The number of hydrogen-bond acceptors (Lipinski definition) is 4. The molecule has 0 spiro atoms. The number of ether oxygens (including phenoxy) is 2. The van der Waals surface area contributed by atoms with Crippen molar-refractivity contribution in [2.75, 3.05) is 33.4 Å². The molecule has 6 heteroatoms. The number of benzene rings is 2. The Hall–Kier alpha value is -2.05. The largest absolute Gasteiger partial charge is 0.496 e. The number of hydrogen-bond donors (Lipinski definition) is 0. The SMILES string of the molecule is CCC(=O)N1C[C@@H](C)N(CCOc2ccc(-c3ccc(Br)c(OC)c3)cc2)[C@@H](C)C1. The van der Waals surface area contributed by atoms with Gasteiger partial charge >= 0.3 is 0 Å². The molecular weight excluding hydrogens is 444 g/mol. The van der Waals surface area contributed by atoms with Crippen molar-refractivity contribution >= 4 is 21.8 Å². The maximum absolute atomic E-state index is 12.0. The Labute approximate surface area is 188 Å². The summed E-state index contributed by atoms with van der Waals surface area (Å²) in [4.78, 5) is 16.4. The molecule has 5 nitrogen and oxygen atoms in total. The van der Waals surface area contributed by atoms with E-state index in [1.807, 2.05) is 36.1 Å². The van der Waals surface area contributed by atoms with Crippen LogP contribution in [0.1, 0.15) is 27.2 Å². The van der Waals surface area contributed by atoms with Crippen molar-refractivity contribution in [2.45, 2.75) is 39.3 Å². The quantitative estimate of drug-likeness (QED) is 0.575. The van der Waals surface area contributed by atoms with E-state index in [4.69, 9.17) is 9.47 Å². The lowest BCUT2D eigenvalue weighted by atomic mass is 10.1. The normalized spacial score (nSPS) is 19.6. The summed E-state index contributed by atoms with van der Waals surface area (Å²) < 4.78 is 12.3. The van der Waals surface area contributed by atoms with Crippen LogP contribution in [0, 0.1) is 0 Å². The third-order valence-corrected chi connectivity index (χ3v) is 6.37. The Bertz CT molecular complexity index is 844. The molecule has 0 aliphatic carbocycles. The lowest BCUT2D eigenvalue weighted by molar-refractivity contribution is -0.135. The smallest absolute Gasteiger partial charge is 0.222 e. The first kappa shape index (κ1) is 22.6. The van der Waals surface area contributed by atoms with Crippen molar-refractivity contribution in [2.24, 2.45) is 0 Å². The van der Waals surface area contributed by atoms with Gasteiger partial charge < -0.3 is 14.4 Å². The van der Waals surface area contributed by atoms with Gasteiger partial charge in [-0.1, -0.05) is 25.1 Å². The maximum Gasteiger partial charge on any atom is 0.222 e. The highest BCUT2D eigenvalue weighted by Gasteiger charge is 2.30. The molecular formula is C24H31BrN2O3. The van der Waals surface area contributed by atoms with Gasteiger partial charge in [0.15, 0.2) is 0 Å². The predicted molar refractivity (Wildman–Crippen MR) is 124 cm³/mol. The monoisotopic (exact) mass is 474 g/mol. The molecule has 30 heavy (non-hydrogen) atoms. The van der Waals surface area contributed by atoms with Crippen LogP contribution in [0.3, 0.4) is 0 Å². The van der Waals surface area contributed by atoms with Crippen LogP contribution in [0.5, 0.6) is 11.5 Å². The van der Waals surface area contributed by atoms with Crippen molar-refractivity contribution in [1.82, 2.24) is 9.80 Å². The highest BCUT2D eigenvalue weighted by atomic mass is 79.9. The van der Waals surface area contributed by atoms with E-state index in [0.29, 0.717) is 25.1 Å². The first-order valence-corrected chi connectivity index (χ1v) is 11.3. The zero-order valence-electron chi connectivity index (χ0n) is 18.2. The Morgan fingerprint density at radius 2 is 1.70 bits per heavy atom. The Morgan fingerprint density at radius 3 is 2.30 bits per heavy atom. The predicted octanol–water partition coefficient (Wildman–Crippen LogP) is 4.83. The Kier molecular flexibility index (Phi) is 7.78. The molecule has 1 fully saturated rings. The van der Waals surface area contributed by atoms with E-state index in [1.165, 1.54) is 0 Å². The van der Waals surface area contributed by atoms with Gasteiger partial charge in [-0.2, -0.15) is 0 Å². The van der Waals surface area contributed by atoms with E-state index < -0.39 is 0 Å². The molecule has 1 saturated heterocycles. The first-order valence-electron chi connectivity index (χ1n) is 10.5. The van der Waals surface area contributed by atoms with Gasteiger partial charge in [0.25, 0.3) is 0 Å². The minimum Gasteiger partial charge on any atom is -0.496 e. The molecule has 0 radical (unpaired) electrons. The lowest BCUT2D eigenvalue weighted by Gasteiger charge is -2.44. The number of carbonyl (C=O) groups excluding carboxylic acids is 1. The molecule has 1 aliphatic heterocycles. The van der Waals surface area contributed by atoms with Gasteiger partial charge in [-0.3, -0.25) is 9.69 Å². The molecule has 2 atom stereocenters. The van der Waals surface area contributed by atoms with E-state index in [0.717, 1.165) is 46.7 Å². The van der Waals surface area contributed by atoms with Gasteiger partial charge in [0.05, 0.1) is 11.6 Å². The summed E-state index contributed by atoms with van der Waals surface area (Å²) in [5.41, 5.74) is 2.22. The van der Waals surface area contributed by atoms with E-state index in [9.17, 15) is 4.79 Å². The molecule has 0 unspecified atom stereocenters. The van der Waals surface area contributed by atoms with Gasteiger partial charge in [0.1, 0.15) is 18.1 Å². The lowest BCUT2D eigenvalue weighted by Crippen LogP contribution is -2.58. The molecule has 1 amide bonds. The van der Waals surface area contributed by atoms with Crippen LogP contribution in [0.2, 0.25) is 0 Å². The van der Waals surface area contributed by atoms with E-state index >= 15 is 0 Å². The minimum atomic E-state index is 0.244. The fourth-order valence-electron chi connectivity index (χ4n) is 4.08. The van der Waals surface area contributed by atoms with Crippen molar-refractivity contribution in [3.63, 3.8) is 0 Å². The van der Waals surface area contributed by atoms with Crippen LogP contribution in [-0.4, -0.2) is 61.1 Å². The molecule has 162 valence electrons. The van der Waals surface area contributed by atoms with Gasteiger partial charge in [-0.15, -0.1) is 0 Å². The molecule has 1 heterocycles. The van der Waals surface area contributed by atoms with E-state index in [-0.39, 0.29) is 5.91 Å². The summed E-state index contributed by atoms with van der Waals surface area (Å²) in [5, 5.41) is 0. The summed E-state index contributed by atoms with van der Waals surface area (Å²) in [6.45, 7) is 9.37. The fraction of sp³-hybridized carbons (Fsp3) is 0.458. The van der Waals surface area contributed by atoms with Crippen molar-refractivity contribution in [1.29, 1.82) is 0 Å². The van der Waals surface area contributed by atoms with E-state index in [2.05, 4.69) is 52.9 Å². The number of carbonyl (C=O) groups is 1. The van der Waals surface area contributed by atoms with Crippen LogP contribution < -0.4 is 9.47 Å². The molecule has 0 N–H and O–H groups in total. The third-order valence-electron chi connectivity index (χ3n) is 5.71. The molecule has 0 aromatic heterocycles. The number of halogens is 1. The Balaban J connectivity index is 1.54. The van der Waals surface area contributed by atoms with E-state index in [1.54, 1.807) is 7.11 Å². The number of methoxy groups -OCH3 is 1. The number of rotatable bonds is 7. The summed E-state index contributed by atoms with van der Waals surface area (Å²) in [7, 11) is 1.67. The average Bonchev–Trinajstić information content (AvgIpc) is 2.75. The van der Waals surface area contributed by atoms with Crippen molar-refractivity contribution in [3.8, 4) is 22.6 Å². The van der Waals surface area contributed by atoms with Gasteiger partial charge in [0.2, 0.25) is 5.91 Å². The molecule has 0 bridgehead atoms. The first-order chi connectivity index (χ1) is 14.4. The van der Waals surface area contributed by atoms with Gasteiger partial charge in [0, 0.05) is 38.1 Å². The highest BCUT2D eigenvalue weighted by molar-refractivity contribution is 9.10. The van der Waals surface area contributed by atoms with Crippen LogP contribution >= 0.6 is 15.9 Å². The van der Waals surface area contributed by atoms with Gasteiger partial charge in [-0.05, 0) is 65.2 Å². The summed E-state index contributed by atoms with van der Waals surface area (Å²) >= 11 is 3.49. The summed E-state index contributed by atoms with van der Waals surface area (Å²) in [5.74, 6) is 1.92. The van der Waals surface area contributed by atoms with Crippen molar-refractivity contribution < 1.29 is 14.3 Å². The average molecular weight is 475 g/mol. The second kappa shape index (κ2) is 10.3. The zero-order chi connectivity index (χ0) is 21.7. The molecule has 2 aromatic rings. The van der Waals surface area contributed by atoms with Crippen LogP contribution in [0.15, 0.2) is 46.9 Å². The summed E-state index contributed by atoms with van der Waals surface area (Å²) in [6.07, 6.45) is 0.575. The van der Waals surface area contributed by atoms with Crippen LogP contribution in [-0.2, 0) is 4.79 Å².